The highest BCUT2D eigenvalue weighted by Gasteiger charge is 2.27. The third-order valence-electron chi connectivity index (χ3n) is 3.11. The van der Waals surface area contributed by atoms with Gasteiger partial charge in [0.25, 0.3) is 15.9 Å². The number of carbonyl (C=O) groups is 1. The van der Waals surface area contributed by atoms with Crippen LogP contribution in [0.2, 0.25) is 0 Å². The molecule has 0 spiro atoms. The highest BCUT2D eigenvalue weighted by atomic mass is 32.2. The third-order valence-corrected chi connectivity index (χ3v) is 4.47. The number of hydrazine groups is 1. The number of sulfonamides is 1. The van der Waals surface area contributed by atoms with Gasteiger partial charge in [-0.2, -0.15) is 0 Å². The Morgan fingerprint density at radius 1 is 1.00 bits per heavy atom. The van der Waals surface area contributed by atoms with Crippen molar-refractivity contribution in [2.45, 2.75) is 4.90 Å². The van der Waals surface area contributed by atoms with Crippen LogP contribution in [-0.4, -0.2) is 26.0 Å². The first kappa shape index (κ1) is 13.6. The predicted molar refractivity (Wildman–Crippen MR) is 77.9 cm³/mol. The molecular weight excluding hydrogens is 290 g/mol. The highest BCUT2D eigenvalue weighted by molar-refractivity contribution is 7.89. The van der Waals surface area contributed by atoms with Crippen LogP contribution >= 0.6 is 0 Å². The number of hydrogen-bond donors (Lipinski definition) is 2. The minimum absolute atomic E-state index is 0.0713. The van der Waals surface area contributed by atoms with Crippen LogP contribution in [0.1, 0.15) is 10.4 Å². The number of anilines is 1. The number of para-hydroxylation sites is 1. The number of fused-ring (bicyclic) bond motifs is 1. The van der Waals surface area contributed by atoms with Crippen LogP contribution in [0.5, 0.6) is 0 Å². The normalized spacial score (nSPS) is 14.5. The summed E-state index contributed by atoms with van der Waals surface area (Å²) in [5, 5.41) is 4.04. The molecule has 3 rings (SSSR count). The number of nitrogens with one attached hydrogen (secondary N) is 2. The molecule has 2 aromatic rings. The fraction of sp³-hybridized carbons (Fsp3) is 0.0714. The summed E-state index contributed by atoms with van der Waals surface area (Å²) in [4.78, 5) is 14.7. The van der Waals surface area contributed by atoms with E-state index in [1.165, 1.54) is 12.1 Å². The number of nitrogens with zero attached hydrogens (tertiary/aromatic N) is 1. The molecule has 108 valence electrons. The maximum absolute atomic E-state index is 12.3. The molecule has 0 aromatic heterocycles. The van der Waals surface area contributed by atoms with Crippen LogP contribution in [0.4, 0.5) is 5.69 Å². The van der Waals surface area contributed by atoms with Crippen molar-refractivity contribution in [1.29, 1.82) is 0 Å². The Hall–Kier alpha value is -2.38. The molecule has 1 heterocycles. The molecule has 7 heteroatoms. The van der Waals surface area contributed by atoms with Gasteiger partial charge in [-0.15, -0.1) is 4.83 Å². The van der Waals surface area contributed by atoms with Gasteiger partial charge in [0.05, 0.1) is 10.5 Å². The quantitative estimate of drug-likeness (QED) is 0.898. The summed E-state index contributed by atoms with van der Waals surface area (Å²) in [6.45, 7) is 0.0713. The first-order valence-corrected chi connectivity index (χ1v) is 7.78. The summed E-state index contributed by atoms with van der Waals surface area (Å²) in [7, 11) is -3.78. The number of hydrogen-bond acceptors (Lipinski definition) is 4. The van der Waals surface area contributed by atoms with Crippen LogP contribution in [0.25, 0.3) is 0 Å². The average Bonchev–Trinajstić information content (AvgIpc) is 2.51. The smallest absolute Gasteiger partial charge is 0.272 e. The SMILES string of the molecule is O=C1c2ccccc2NCN1NS(=O)(=O)c1ccccc1. The maximum Gasteiger partial charge on any atom is 0.272 e. The topological polar surface area (TPSA) is 78.5 Å². The molecule has 2 aromatic carbocycles. The fourth-order valence-corrected chi connectivity index (χ4v) is 3.13. The second kappa shape index (κ2) is 5.19. The van der Waals surface area contributed by atoms with Crippen molar-refractivity contribution >= 4 is 21.6 Å². The molecule has 0 bridgehead atoms. The lowest BCUT2D eigenvalue weighted by atomic mass is 10.1. The largest absolute Gasteiger partial charge is 0.366 e. The molecule has 0 fully saturated rings. The molecule has 21 heavy (non-hydrogen) atoms. The molecule has 1 amide bonds. The van der Waals surface area contributed by atoms with Crippen molar-refractivity contribution in [3.63, 3.8) is 0 Å². The Morgan fingerprint density at radius 2 is 1.67 bits per heavy atom. The van der Waals surface area contributed by atoms with Gasteiger partial charge in [-0.1, -0.05) is 30.3 Å². The van der Waals surface area contributed by atoms with Crippen molar-refractivity contribution in [1.82, 2.24) is 9.84 Å². The van der Waals surface area contributed by atoms with Crippen molar-refractivity contribution in [3.05, 3.63) is 60.2 Å². The Bertz CT molecular complexity index is 775. The zero-order chi connectivity index (χ0) is 14.9. The zero-order valence-electron chi connectivity index (χ0n) is 11.0. The first-order chi connectivity index (χ1) is 10.1. The van der Waals surface area contributed by atoms with E-state index in [0.29, 0.717) is 11.3 Å². The summed E-state index contributed by atoms with van der Waals surface area (Å²) in [6, 6.07) is 14.9. The van der Waals surface area contributed by atoms with E-state index < -0.39 is 10.0 Å². The van der Waals surface area contributed by atoms with Crippen LogP contribution in [-0.2, 0) is 10.0 Å². The molecule has 0 unspecified atom stereocenters. The fourth-order valence-electron chi connectivity index (χ4n) is 2.08. The summed E-state index contributed by atoms with van der Waals surface area (Å²) in [5.74, 6) is -0.385. The molecular formula is C14H13N3O3S. The average molecular weight is 303 g/mol. The van der Waals surface area contributed by atoms with E-state index in [4.69, 9.17) is 0 Å². The standard InChI is InChI=1S/C14H13N3O3S/c18-14-12-8-4-5-9-13(12)15-10-17(14)16-21(19,20)11-6-2-1-3-7-11/h1-9,15-16H,10H2. The van der Waals surface area contributed by atoms with E-state index >= 15 is 0 Å². The van der Waals surface area contributed by atoms with Gasteiger partial charge >= 0.3 is 0 Å². The van der Waals surface area contributed by atoms with Crippen LogP contribution in [0.15, 0.2) is 59.5 Å². The Balaban J connectivity index is 1.86. The second-order valence-corrected chi connectivity index (χ2v) is 6.18. The molecule has 0 saturated carbocycles. The second-order valence-electron chi connectivity index (χ2n) is 4.52. The van der Waals surface area contributed by atoms with E-state index in [1.54, 1.807) is 36.4 Å². The minimum Gasteiger partial charge on any atom is -0.366 e. The van der Waals surface area contributed by atoms with Crippen LogP contribution in [0.3, 0.4) is 0 Å². The zero-order valence-corrected chi connectivity index (χ0v) is 11.8. The van der Waals surface area contributed by atoms with Crippen LogP contribution in [0, 0.1) is 0 Å². The Morgan fingerprint density at radius 3 is 2.43 bits per heavy atom. The Kier molecular flexibility index (Phi) is 3.36. The number of benzene rings is 2. The van der Waals surface area contributed by atoms with E-state index in [2.05, 4.69) is 10.1 Å². The number of rotatable bonds is 3. The van der Waals surface area contributed by atoms with Crippen molar-refractivity contribution < 1.29 is 13.2 Å². The van der Waals surface area contributed by atoms with Crippen molar-refractivity contribution in [2.75, 3.05) is 12.0 Å². The number of amides is 1. The molecule has 0 aliphatic carbocycles. The first-order valence-electron chi connectivity index (χ1n) is 6.30. The highest BCUT2D eigenvalue weighted by Crippen LogP contribution is 2.21. The lowest BCUT2D eigenvalue weighted by Gasteiger charge is -2.29. The summed E-state index contributed by atoms with van der Waals surface area (Å²) in [6.07, 6.45) is 0. The van der Waals surface area contributed by atoms with Gasteiger partial charge in [0.15, 0.2) is 0 Å². The molecule has 6 nitrogen and oxygen atoms in total. The monoisotopic (exact) mass is 303 g/mol. The van der Waals surface area contributed by atoms with Crippen LogP contribution < -0.4 is 10.1 Å². The summed E-state index contributed by atoms with van der Waals surface area (Å²) in [5.41, 5.74) is 1.12. The maximum atomic E-state index is 12.3. The van der Waals surface area contributed by atoms with Gasteiger partial charge in [0.2, 0.25) is 0 Å². The van der Waals surface area contributed by atoms with Gasteiger partial charge in [-0.25, -0.2) is 13.4 Å². The van der Waals surface area contributed by atoms with Gasteiger partial charge in [-0.3, -0.25) is 4.79 Å². The van der Waals surface area contributed by atoms with E-state index in [-0.39, 0.29) is 17.5 Å². The molecule has 0 saturated heterocycles. The molecule has 1 aliphatic rings. The summed E-state index contributed by atoms with van der Waals surface area (Å²) >= 11 is 0. The van der Waals surface area contributed by atoms with E-state index in [0.717, 1.165) is 5.01 Å². The van der Waals surface area contributed by atoms with Gasteiger partial charge in [-0.05, 0) is 24.3 Å². The molecule has 2 N–H and O–H groups in total. The van der Waals surface area contributed by atoms with Gasteiger partial charge in [0.1, 0.15) is 6.67 Å². The molecule has 1 aliphatic heterocycles. The molecule has 0 atom stereocenters. The minimum atomic E-state index is -3.78. The predicted octanol–water partition coefficient (Wildman–Crippen LogP) is 1.41. The van der Waals surface area contributed by atoms with Gasteiger partial charge < -0.3 is 5.32 Å². The third kappa shape index (κ3) is 2.61. The van der Waals surface area contributed by atoms with Crippen molar-refractivity contribution in [3.8, 4) is 0 Å². The number of carbonyl (C=O) groups excluding carboxylic acids is 1. The summed E-state index contributed by atoms with van der Waals surface area (Å²) < 4.78 is 24.5. The lowest BCUT2D eigenvalue weighted by molar-refractivity contribution is 0.0721. The lowest BCUT2D eigenvalue weighted by Crippen LogP contribution is -2.50. The Labute approximate surface area is 122 Å². The van der Waals surface area contributed by atoms with Gasteiger partial charge in [0, 0.05) is 5.69 Å². The molecule has 0 radical (unpaired) electrons. The van der Waals surface area contributed by atoms with E-state index in [1.807, 2.05) is 6.07 Å². The van der Waals surface area contributed by atoms with E-state index in [9.17, 15) is 13.2 Å². The van der Waals surface area contributed by atoms with Crippen molar-refractivity contribution in [2.24, 2.45) is 0 Å².